The quantitative estimate of drug-likeness (QED) is 0.461. The first-order valence-electron chi connectivity index (χ1n) is 7.87. The molecule has 1 aromatic carbocycles. The van der Waals surface area contributed by atoms with Crippen molar-refractivity contribution >= 4 is 27.3 Å². The van der Waals surface area contributed by atoms with Gasteiger partial charge in [0.05, 0.1) is 22.6 Å². The van der Waals surface area contributed by atoms with E-state index in [-0.39, 0.29) is 29.5 Å². The predicted octanol–water partition coefficient (Wildman–Crippen LogP) is 1.96. The smallest absolute Gasteiger partial charge is 0.261 e. The van der Waals surface area contributed by atoms with Crippen molar-refractivity contribution in [2.24, 2.45) is 5.92 Å². The molecule has 142 valence electrons. The Morgan fingerprint density at radius 2 is 1.96 bits per heavy atom. The number of hydroxylamine groups is 1. The molecule has 2 aromatic rings. The molecule has 3 N–H and O–H groups in total. The van der Waals surface area contributed by atoms with Gasteiger partial charge in [-0.25, -0.2) is 18.9 Å². The van der Waals surface area contributed by atoms with Gasteiger partial charge in [0.1, 0.15) is 11.8 Å². The zero-order valence-electron chi connectivity index (χ0n) is 14.4. The first-order valence-corrected chi connectivity index (χ1v) is 10.3. The molecule has 0 saturated carbocycles. The molecule has 0 spiro atoms. The standard InChI is InChI=1S/C16H21N3O5S2/c1-11(2)7-15(16(21)18-22)19(8-12-9-25-10-17-12)26(23,24)14-5-3-13(20)4-6-14/h3-6,9-11,15,20,22H,7-8H2,1-2H3,(H,18,21)/t15-/m1/s1. The summed E-state index contributed by atoms with van der Waals surface area (Å²) in [5.41, 5.74) is 3.63. The van der Waals surface area contributed by atoms with E-state index >= 15 is 0 Å². The van der Waals surface area contributed by atoms with Gasteiger partial charge in [0.2, 0.25) is 10.0 Å². The van der Waals surface area contributed by atoms with Crippen molar-refractivity contribution in [2.75, 3.05) is 0 Å². The Bertz CT molecular complexity index is 820. The summed E-state index contributed by atoms with van der Waals surface area (Å²) < 4.78 is 27.4. The summed E-state index contributed by atoms with van der Waals surface area (Å²) in [7, 11) is -4.08. The molecule has 0 unspecified atom stereocenters. The summed E-state index contributed by atoms with van der Waals surface area (Å²) in [6.07, 6.45) is 0.216. The van der Waals surface area contributed by atoms with Crippen molar-refractivity contribution in [1.82, 2.24) is 14.8 Å². The minimum atomic E-state index is -4.08. The van der Waals surface area contributed by atoms with Crippen LogP contribution in [0.3, 0.4) is 0 Å². The molecule has 1 atom stereocenters. The highest BCUT2D eigenvalue weighted by molar-refractivity contribution is 7.89. The van der Waals surface area contributed by atoms with Crippen molar-refractivity contribution in [3.8, 4) is 5.75 Å². The number of phenols is 1. The summed E-state index contributed by atoms with van der Waals surface area (Å²) in [6, 6.07) is 3.94. The van der Waals surface area contributed by atoms with E-state index in [0.717, 1.165) is 4.31 Å². The number of rotatable bonds is 8. The molecule has 0 fully saturated rings. The highest BCUT2D eigenvalue weighted by Gasteiger charge is 2.36. The van der Waals surface area contributed by atoms with Crippen molar-refractivity contribution in [3.63, 3.8) is 0 Å². The third-order valence-corrected chi connectivity index (χ3v) is 6.20. The van der Waals surface area contributed by atoms with E-state index in [1.165, 1.54) is 35.6 Å². The average molecular weight is 399 g/mol. The largest absolute Gasteiger partial charge is 0.508 e. The Morgan fingerprint density at radius 1 is 1.31 bits per heavy atom. The minimum Gasteiger partial charge on any atom is -0.508 e. The van der Waals surface area contributed by atoms with Crippen LogP contribution in [0.25, 0.3) is 0 Å². The summed E-state index contributed by atoms with van der Waals surface area (Å²) in [6.45, 7) is 3.59. The summed E-state index contributed by atoms with van der Waals surface area (Å²) in [4.78, 5) is 16.3. The number of aromatic hydroxyl groups is 1. The fourth-order valence-corrected chi connectivity index (χ4v) is 4.59. The van der Waals surface area contributed by atoms with Crippen LogP contribution in [-0.2, 0) is 21.4 Å². The van der Waals surface area contributed by atoms with Crippen LogP contribution in [-0.4, -0.2) is 40.0 Å². The maximum Gasteiger partial charge on any atom is 0.261 e. The Labute approximate surface area is 156 Å². The first-order chi connectivity index (χ1) is 12.3. The fourth-order valence-electron chi connectivity index (χ4n) is 2.47. The third-order valence-electron chi connectivity index (χ3n) is 3.70. The second kappa shape index (κ2) is 8.58. The van der Waals surface area contributed by atoms with Gasteiger partial charge in [-0.15, -0.1) is 11.3 Å². The number of benzene rings is 1. The Kier molecular flexibility index (Phi) is 6.70. The lowest BCUT2D eigenvalue weighted by Gasteiger charge is -2.30. The van der Waals surface area contributed by atoms with E-state index in [4.69, 9.17) is 5.21 Å². The van der Waals surface area contributed by atoms with Gasteiger partial charge in [0, 0.05) is 5.38 Å². The van der Waals surface area contributed by atoms with Crippen LogP contribution in [0, 0.1) is 5.92 Å². The average Bonchev–Trinajstić information content (AvgIpc) is 3.10. The van der Waals surface area contributed by atoms with Crippen LogP contribution in [0.1, 0.15) is 26.0 Å². The fraction of sp³-hybridized carbons (Fsp3) is 0.375. The molecule has 0 saturated heterocycles. The molecule has 1 heterocycles. The first kappa shape index (κ1) is 20.3. The monoisotopic (exact) mass is 399 g/mol. The van der Waals surface area contributed by atoms with E-state index in [1.807, 2.05) is 13.8 Å². The lowest BCUT2D eigenvalue weighted by molar-refractivity contribution is -0.133. The van der Waals surface area contributed by atoms with Crippen LogP contribution >= 0.6 is 11.3 Å². The lowest BCUT2D eigenvalue weighted by atomic mass is 10.0. The minimum absolute atomic E-state index is 0.00486. The normalized spacial score (nSPS) is 13.1. The number of amides is 1. The second-order valence-electron chi connectivity index (χ2n) is 6.15. The van der Waals surface area contributed by atoms with Crippen molar-refractivity contribution in [2.45, 2.75) is 37.8 Å². The lowest BCUT2D eigenvalue weighted by Crippen LogP contribution is -2.49. The van der Waals surface area contributed by atoms with E-state index in [9.17, 15) is 18.3 Å². The van der Waals surface area contributed by atoms with E-state index in [0.29, 0.717) is 5.69 Å². The van der Waals surface area contributed by atoms with Gasteiger partial charge in [-0.2, -0.15) is 4.31 Å². The number of thiazole rings is 1. The van der Waals surface area contributed by atoms with Gasteiger partial charge in [-0.3, -0.25) is 10.0 Å². The van der Waals surface area contributed by atoms with E-state index in [1.54, 1.807) is 16.4 Å². The number of nitrogens with one attached hydrogen (secondary N) is 1. The molecule has 0 aliphatic carbocycles. The molecule has 1 amide bonds. The number of carbonyl (C=O) groups is 1. The Balaban J connectivity index is 2.50. The number of sulfonamides is 1. The highest BCUT2D eigenvalue weighted by Crippen LogP contribution is 2.25. The zero-order valence-corrected chi connectivity index (χ0v) is 16.0. The summed E-state index contributed by atoms with van der Waals surface area (Å²) in [5, 5.41) is 20.2. The van der Waals surface area contributed by atoms with Gasteiger partial charge >= 0.3 is 0 Å². The molecule has 8 nitrogen and oxygen atoms in total. The maximum absolute atomic E-state index is 13.2. The van der Waals surface area contributed by atoms with Gasteiger partial charge in [-0.1, -0.05) is 13.8 Å². The molecular weight excluding hydrogens is 378 g/mol. The van der Waals surface area contributed by atoms with Gasteiger partial charge in [0.15, 0.2) is 0 Å². The van der Waals surface area contributed by atoms with E-state index in [2.05, 4.69) is 4.98 Å². The SMILES string of the molecule is CC(C)C[C@H](C(=O)NO)N(Cc1cscn1)S(=O)(=O)c1ccc(O)cc1. The van der Waals surface area contributed by atoms with Crippen molar-refractivity contribution in [3.05, 3.63) is 40.8 Å². The third kappa shape index (κ3) is 4.79. The van der Waals surface area contributed by atoms with Crippen LogP contribution in [0.5, 0.6) is 5.75 Å². The number of nitrogens with zero attached hydrogens (tertiary/aromatic N) is 2. The van der Waals surface area contributed by atoms with Gasteiger partial charge in [0.25, 0.3) is 5.91 Å². The number of hydrogen-bond donors (Lipinski definition) is 3. The number of carbonyl (C=O) groups excluding carboxylic acids is 1. The zero-order chi connectivity index (χ0) is 19.3. The Hall–Kier alpha value is -2.01. The highest BCUT2D eigenvalue weighted by atomic mass is 32.2. The van der Waals surface area contributed by atoms with Crippen LogP contribution in [0.2, 0.25) is 0 Å². The van der Waals surface area contributed by atoms with Crippen molar-refractivity contribution < 1.29 is 23.5 Å². The number of hydrogen-bond acceptors (Lipinski definition) is 7. The topological polar surface area (TPSA) is 120 Å². The van der Waals surface area contributed by atoms with Crippen LogP contribution in [0.15, 0.2) is 40.1 Å². The summed E-state index contributed by atoms with van der Waals surface area (Å²) >= 11 is 1.31. The maximum atomic E-state index is 13.2. The molecule has 26 heavy (non-hydrogen) atoms. The molecule has 1 aromatic heterocycles. The summed E-state index contributed by atoms with van der Waals surface area (Å²) in [5.74, 6) is -0.872. The van der Waals surface area contributed by atoms with Gasteiger partial charge in [-0.05, 0) is 36.6 Å². The molecule has 0 bridgehead atoms. The van der Waals surface area contributed by atoms with Crippen LogP contribution in [0.4, 0.5) is 0 Å². The molecule has 0 radical (unpaired) electrons. The molecular formula is C16H21N3O5S2. The number of phenolic OH excluding ortho intramolecular Hbond substituents is 1. The second-order valence-corrected chi connectivity index (χ2v) is 8.75. The molecule has 2 rings (SSSR count). The van der Waals surface area contributed by atoms with Crippen molar-refractivity contribution in [1.29, 1.82) is 0 Å². The van der Waals surface area contributed by atoms with Crippen LogP contribution < -0.4 is 5.48 Å². The molecule has 0 aliphatic rings. The number of aromatic nitrogens is 1. The van der Waals surface area contributed by atoms with E-state index < -0.39 is 22.0 Å². The predicted molar refractivity (Wildman–Crippen MR) is 96.1 cm³/mol. The Morgan fingerprint density at radius 3 is 2.46 bits per heavy atom. The molecule has 10 heteroatoms. The van der Waals surface area contributed by atoms with Gasteiger partial charge < -0.3 is 5.11 Å². The molecule has 0 aliphatic heterocycles.